The Labute approximate surface area is 109 Å². The molecule has 0 atom stereocenters. The van der Waals surface area contributed by atoms with Gasteiger partial charge in [-0.2, -0.15) is 0 Å². The molecule has 0 bridgehead atoms. The van der Waals surface area contributed by atoms with Crippen LogP contribution in [-0.4, -0.2) is 8.42 Å². The van der Waals surface area contributed by atoms with E-state index in [-0.39, 0.29) is 15.5 Å². The van der Waals surface area contributed by atoms with Crippen LogP contribution in [0.4, 0.5) is 4.39 Å². The first-order chi connectivity index (χ1) is 8.41. The second-order valence-electron chi connectivity index (χ2n) is 3.65. The summed E-state index contributed by atoms with van der Waals surface area (Å²) in [4.78, 5) is -0.288. The minimum atomic E-state index is -3.98. The van der Waals surface area contributed by atoms with Crippen molar-refractivity contribution in [1.82, 2.24) is 0 Å². The summed E-state index contributed by atoms with van der Waals surface area (Å²) in [7, 11) is -3.98. The molecule has 0 spiro atoms. The van der Waals surface area contributed by atoms with Crippen LogP contribution in [0.2, 0.25) is 5.02 Å². The number of benzene rings is 2. The van der Waals surface area contributed by atoms with Crippen molar-refractivity contribution < 1.29 is 12.8 Å². The minimum absolute atomic E-state index is 0.0313. The van der Waals surface area contributed by atoms with E-state index in [9.17, 15) is 12.8 Å². The third-order valence-corrected chi connectivity index (χ3v) is 3.88. The minimum Gasteiger partial charge on any atom is -0.225 e. The molecule has 0 aliphatic rings. The van der Waals surface area contributed by atoms with Crippen molar-refractivity contribution in [3.05, 3.63) is 53.3 Å². The summed E-state index contributed by atoms with van der Waals surface area (Å²) in [6.07, 6.45) is 0. The van der Waals surface area contributed by atoms with Crippen molar-refractivity contribution in [2.24, 2.45) is 5.14 Å². The van der Waals surface area contributed by atoms with Crippen LogP contribution in [-0.2, 0) is 10.0 Å². The third-order valence-electron chi connectivity index (χ3n) is 2.42. The first kappa shape index (κ1) is 13.0. The summed E-state index contributed by atoms with van der Waals surface area (Å²) in [5.41, 5.74) is 0.522. The lowest BCUT2D eigenvalue weighted by Crippen LogP contribution is -2.13. The third kappa shape index (κ3) is 2.38. The summed E-state index contributed by atoms with van der Waals surface area (Å²) in [6, 6.07) is 10.5. The van der Waals surface area contributed by atoms with Crippen LogP contribution in [0.15, 0.2) is 47.4 Å². The van der Waals surface area contributed by atoms with E-state index in [1.54, 1.807) is 30.3 Å². The fraction of sp³-hybridized carbons (Fsp3) is 0. The van der Waals surface area contributed by atoms with Crippen molar-refractivity contribution >= 4 is 21.6 Å². The predicted molar refractivity (Wildman–Crippen MR) is 68.2 cm³/mol. The normalized spacial score (nSPS) is 11.5. The average Bonchev–Trinajstić information content (AvgIpc) is 2.28. The molecule has 3 nitrogen and oxygen atoms in total. The van der Waals surface area contributed by atoms with E-state index < -0.39 is 15.8 Å². The number of rotatable bonds is 2. The molecule has 2 aromatic rings. The standard InChI is InChI=1S/C12H9ClFNO2S/c13-12-10(18(15,16)17)7-6-9(14)11(12)8-4-2-1-3-5-8/h1-7H,(H2,15,16,17). The Hall–Kier alpha value is -1.43. The molecule has 0 saturated carbocycles. The smallest absolute Gasteiger partial charge is 0.225 e. The molecule has 2 N–H and O–H groups in total. The van der Waals surface area contributed by atoms with E-state index >= 15 is 0 Å². The lowest BCUT2D eigenvalue weighted by Gasteiger charge is -2.09. The molecule has 94 valence electrons. The molecule has 0 radical (unpaired) electrons. The Balaban J connectivity index is 2.76. The highest BCUT2D eigenvalue weighted by atomic mass is 35.5. The summed E-state index contributed by atoms with van der Waals surface area (Å²) in [5, 5.41) is 4.82. The van der Waals surface area contributed by atoms with Crippen LogP contribution in [0.5, 0.6) is 0 Å². The molecule has 0 aromatic heterocycles. The molecule has 0 heterocycles. The fourth-order valence-corrected chi connectivity index (χ4v) is 2.82. The van der Waals surface area contributed by atoms with Gasteiger partial charge in [0, 0.05) is 5.56 Å². The quantitative estimate of drug-likeness (QED) is 0.922. The van der Waals surface area contributed by atoms with Gasteiger partial charge in [0.2, 0.25) is 10.0 Å². The molecular formula is C12H9ClFNO2S. The zero-order valence-electron chi connectivity index (χ0n) is 9.10. The van der Waals surface area contributed by atoms with Gasteiger partial charge >= 0.3 is 0 Å². The topological polar surface area (TPSA) is 60.2 Å². The lowest BCUT2D eigenvalue weighted by atomic mass is 10.1. The monoisotopic (exact) mass is 285 g/mol. The fourth-order valence-electron chi connectivity index (χ4n) is 1.62. The Morgan fingerprint density at radius 2 is 1.67 bits per heavy atom. The number of sulfonamides is 1. The van der Waals surface area contributed by atoms with Crippen molar-refractivity contribution in [3.63, 3.8) is 0 Å². The van der Waals surface area contributed by atoms with E-state index in [0.29, 0.717) is 5.56 Å². The Kier molecular flexibility index (Phi) is 3.38. The van der Waals surface area contributed by atoms with Crippen molar-refractivity contribution in [2.75, 3.05) is 0 Å². The van der Waals surface area contributed by atoms with Gasteiger partial charge in [0.25, 0.3) is 0 Å². The van der Waals surface area contributed by atoms with Crippen molar-refractivity contribution in [3.8, 4) is 11.1 Å². The van der Waals surface area contributed by atoms with Crippen LogP contribution in [0.3, 0.4) is 0 Å². The highest BCUT2D eigenvalue weighted by molar-refractivity contribution is 7.89. The maximum atomic E-state index is 13.8. The number of nitrogens with two attached hydrogens (primary N) is 1. The molecule has 18 heavy (non-hydrogen) atoms. The van der Waals surface area contributed by atoms with E-state index in [1.165, 1.54) is 0 Å². The molecule has 0 saturated heterocycles. The summed E-state index contributed by atoms with van der Waals surface area (Å²) < 4.78 is 36.4. The summed E-state index contributed by atoms with van der Waals surface area (Å²) in [5.74, 6) is -0.599. The summed E-state index contributed by atoms with van der Waals surface area (Å²) in [6.45, 7) is 0. The first-order valence-electron chi connectivity index (χ1n) is 4.97. The maximum absolute atomic E-state index is 13.8. The summed E-state index contributed by atoms with van der Waals surface area (Å²) >= 11 is 5.93. The molecule has 0 aliphatic heterocycles. The Morgan fingerprint density at radius 1 is 1.06 bits per heavy atom. The van der Waals surface area contributed by atoms with Gasteiger partial charge in [0.15, 0.2) is 0 Å². The molecule has 0 unspecified atom stereocenters. The molecule has 2 rings (SSSR count). The van der Waals surface area contributed by atoms with Crippen LogP contribution in [0, 0.1) is 5.82 Å². The van der Waals surface area contributed by atoms with E-state index in [1.807, 2.05) is 0 Å². The molecule has 6 heteroatoms. The number of primary sulfonamides is 1. The number of halogens is 2. The van der Waals surface area contributed by atoms with Crippen LogP contribution < -0.4 is 5.14 Å². The van der Waals surface area contributed by atoms with Gasteiger partial charge in [0.1, 0.15) is 10.7 Å². The highest BCUT2D eigenvalue weighted by Gasteiger charge is 2.19. The molecule has 2 aromatic carbocycles. The highest BCUT2D eigenvalue weighted by Crippen LogP contribution is 2.34. The second kappa shape index (κ2) is 4.68. The molecular weight excluding hydrogens is 277 g/mol. The van der Waals surface area contributed by atoms with Crippen LogP contribution in [0.1, 0.15) is 0 Å². The predicted octanol–water partition coefficient (Wildman–Crippen LogP) is 2.79. The molecule has 0 amide bonds. The van der Waals surface area contributed by atoms with Gasteiger partial charge in [0.05, 0.1) is 5.02 Å². The first-order valence-corrected chi connectivity index (χ1v) is 6.90. The van der Waals surface area contributed by atoms with Crippen molar-refractivity contribution in [2.45, 2.75) is 4.90 Å². The molecule has 0 fully saturated rings. The van der Waals surface area contributed by atoms with Gasteiger partial charge in [-0.1, -0.05) is 41.9 Å². The largest absolute Gasteiger partial charge is 0.239 e. The Morgan fingerprint density at radius 3 is 2.22 bits per heavy atom. The number of hydrogen-bond donors (Lipinski definition) is 1. The van der Waals surface area contributed by atoms with Gasteiger partial charge in [-0.25, -0.2) is 17.9 Å². The zero-order chi connectivity index (χ0) is 13.3. The van der Waals surface area contributed by atoms with Gasteiger partial charge < -0.3 is 0 Å². The van der Waals surface area contributed by atoms with Crippen LogP contribution in [0.25, 0.3) is 11.1 Å². The van der Waals surface area contributed by atoms with E-state index in [4.69, 9.17) is 16.7 Å². The zero-order valence-corrected chi connectivity index (χ0v) is 10.7. The van der Waals surface area contributed by atoms with Crippen molar-refractivity contribution in [1.29, 1.82) is 0 Å². The average molecular weight is 286 g/mol. The maximum Gasteiger partial charge on any atom is 0.239 e. The lowest BCUT2D eigenvalue weighted by molar-refractivity contribution is 0.597. The van der Waals surface area contributed by atoms with Crippen LogP contribution >= 0.6 is 11.6 Å². The van der Waals surface area contributed by atoms with Gasteiger partial charge in [-0.15, -0.1) is 0 Å². The SMILES string of the molecule is NS(=O)(=O)c1ccc(F)c(-c2ccccc2)c1Cl. The number of hydrogen-bond acceptors (Lipinski definition) is 2. The van der Waals surface area contributed by atoms with E-state index in [0.717, 1.165) is 12.1 Å². The van der Waals surface area contributed by atoms with Gasteiger partial charge in [-0.05, 0) is 17.7 Å². The second-order valence-corrected chi connectivity index (χ2v) is 5.55. The van der Waals surface area contributed by atoms with Gasteiger partial charge in [-0.3, -0.25) is 0 Å². The van der Waals surface area contributed by atoms with E-state index in [2.05, 4.69) is 0 Å². The molecule has 0 aliphatic carbocycles. The Bertz CT molecular complexity index is 687.